The van der Waals surface area contributed by atoms with Gasteiger partial charge >= 0.3 is 24.1 Å². The van der Waals surface area contributed by atoms with Gasteiger partial charge in [0.15, 0.2) is 5.78 Å². The van der Waals surface area contributed by atoms with Crippen LogP contribution in [0, 0.1) is 34.5 Å². The number of allylic oxidation sites excluding steroid dienone is 1. The molecule has 0 aliphatic heterocycles. The molecule has 3 saturated carbocycles. The zero-order chi connectivity index (χ0) is 31.0. The van der Waals surface area contributed by atoms with Crippen molar-refractivity contribution in [2.75, 3.05) is 26.7 Å². The van der Waals surface area contributed by atoms with E-state index in [9.17, 15) is 32.3 Å². The Morgan fingerprint density at radius 2 is 1.76 bits per heavy atom. The van der Waals surface area contributed by atoms with Crippen LogP contribution in [0.25, 0.3) is 0 Å². The summed E-state index contributed by atoms with van der Waals surface area (Å²) in [6, 6.07) is 0. The quantitative estimate of drug-likeness (QED) is 0.226. The van der Waals surface area contributed by atoms with Crippen LogP contribution in [-0.2, 0) is 19.2 Å². The van der Waals surface area contributed by atoms with E-state index in [1.54, 1.807) is 0 Å². The summed E-state index contributed by atoms with van der Waals surface area (Å²) in [5.74, 6) is -1.31. The highest BCUT2D eigenvalue weighted by atomic mass is 19.4. The first-order valence-electron chi connectivity index (χ1n) is 14.9. The lowest BCUT2D eigenvalue weighted by Gasteiger charge is -2.58. The number of carboxylic acid groups (broad SMARTS) is 1. The summed E-state index contributed by atoms with van der Waals surface area (Å²) in [7, 11) is 0.961. The average Bonchev–Trinajstić information content (AvgIpc) is 3.28. The summed E-state index contributed by atoms with van der Waals surface area (Å²) in [5, 5.41) is 13.2. The summed E-state index contributed by atoms with van der Waals surface area (Å²) in [6.45, 7) is 5.37. The summed E-state index contributed by atoms with van der Waals surface area (Å²) >= 11 is 0. The minimum atomic E-state index is -5.05. The summed E-state index contributed by atoms with van der Waals surface area (Å²) in [4.78, 5) is 54.1. The molecule has 4 aliphatic rings. The maximum absolute atomic E-state index is 12.8. The third kappa shape index (κ3) is 6.22. The molecule has 0 aromatic carbocycles. The van der Waals surface area contributed by atoms with Crippen LogP contribution in [0.1, 0.15) is 78.6 Å². The molecule has 0 unspecified atom stereocenters. The molecule has 9 nitrogen and oxygen atoms in total. The number of hydrogen-bond acceptors (Lipinski definition) is 6. The second-order valence-corrected chi connectivity index (χ2v) is 13.1. The molecule has 4 rings (SSSR count). The molecule has 4 aliphatic carbocycles. The smallest absolute Gasteiger partial charge is 0.471 e. The van der Waals surface area contributed by atoms with E-state index in [0.29, 0.717) is 34.8 Å². The van der Waals surface area contributed by atoms with Gasteiger partial charge in [0.1, 0.15) is 0 Å². The van der Waals surface area contributed by atoms with Gasteiger partial charge in [-0.3, -0.25) is 19.2 Å². The lowest BCUT2D eigenvalue weighted by molar-refractivity contribution is -0.184. The van der Waals surface area contributed by atoms with E-state index in [1.165, 1.54) is 5.57 Å². The van der Waals surface area contributed by atoms with Crippen molar-refractivity contribution >= 4 is 29.5 Å². The lowest BCUT2D eigenvalue weighted by Crippen LogP contribution is -2.51. The number of hydrogen-bond donors (Lipinski definition) is 1. The van der Waals surface area contributed by atoms with Gasteiger partial charge in [0.05, 0.1) is 12.1 Å². The standard InChI is InChI=1S/C30H42F3N3O6/c1-18(34-42-27(41)36(14-11-25(38)39)16-15-35(4)26(40)30(31,32)33)22-7-8-23-21-6-5-19-17-20(37)9-12-28(19,2)24(21)10-13-29(22,23)3/h17,21-24H,5-16H2,1-4H3,(H,38,39)/b34-18+/t21-,22+,23-,24-,28-,29+/m0/s1. The highest BCUT2D eigenvalue weighted by Crippen LogP contribution is 2.66. The van der Waals surface area contributed by atoms with E-state index in [2.05, 4.69) is 19.0 Å². The van der Waals surface area contributed by atoms with Gasteiger partial charge in [-0.15, -0.1) is 0 Å². The number of ketones is 1. The van der Waals surface area contributed by atoms with Crippen LogP contribution in [0.5, 0.6) is 0 Å². The highest BCUT2D eigenvalue weighted by Gasteiger charge is 2.59. The number of carbonyl (C=O) groups excluding carboxylic acids is 3. The molecule has 0 radical (unpaired) electrons. The molecule has 42 heavy (non-hydrogen) atoms. The topological polar surface area (TPSA) is 117 Å². The average molecular weight is 598 g/mol. The van der Waals surface area contributed by atoms with Crippen LogP contribution in [-0.4, -0.2) is 77.2 Å². The van der Waals surface area contributed by atoms with E-state index in [0.717, 1.165) is 56.9 Å². The fourth-order valence-corrected chi connectivity index (χ4v) is 8.59. The van der Waals surface area contributed by atoms with Crippen molar-refractivity contribution in [1.82, 2.24) is 9.80 Å². The molecule has 0 bridgehead atoms. The number of amides is 2. The van der Waals surface area contributed by atoms with E-state index < -0.39 is 37.1 Å². The Kier molecular flexibility index (Phi) is 9.14. The third-order valence-corrected chi connectivity index (χ3v) is 10.9. The Labute approximate surface area is 244 Å². The molecule has 234 valence electrons. The van der Waals surface area contributed by atoms with Crippen LogP contribution in [0.3, 0.4) is 0 Å². The van der Waals surface area contributed by atoms with Crippen molar-refractivity contribution in [1.29, 1.82) is 0 Å². The molecule has 1 N–H and O–H groups in total. The normalized spacial score (nSPS) is 32.7. The van der Waals surface area contributed by atoms with E-state index in [4.69, 9.17) is 9.94 Å². The number of rotatable bonds is 8. The fraction of sp³-hybridized carbons (Fsp3) is 0.767. The molecule has 2 amide bonds. The Balaban J connectivity index is 1.42. The molecular weight excluding hydrogens is 555 g/mol. The number of carbonyl (C=O) groups is 4. The number of alkyl halides is 3. The SMILES string of the molecule is C/C(=N\OC(=O)N(CCC(=O)O)CCN(C)C(=O)C(F)(F)F)[C@H]1CC[C@H]2[C@@H]3CCC4=CC(=O)CC[C@]4(C)[C@H]3CC[C@]12C. The predicted molar refractivity (Wildman–Crippen MR) is 147 cm³/mol. The molecule has 0 saturated heterocycles. The van der Waals surface area contributed by atoms with Crippen LogP contribution in [0.15, 0.2) is 16.8 Å². The molecule has 6 atom stereocenters. The van der Waals surface area contributed by atoms with E-state index in [-0.39, 0.29) is 35.6 Å². The molecule has 0 heterocycles. The third-order valence-electron chi connectivity index (χ3n) is 10.9. The summed E-state index contributed by atoms with van der Waals surface area (Å²) in [6.07, 6.45) is 3.02. The zero-order valence-corrected chi connectivity index (χ0v) is 24.8. The summed E-state index contributed by atoms with van der Waals surface area (Å²) < 4.78 is 38.2. The fourth-order valence-electron chi connectivity index (χ4n) is 8.59. The number of aliphatic carboxylic acids is 1. The molecule has 0 spiro atoms. The summed E-state index contributed by atoms with van der Waals surface area (Å²) in [5.41, 5.74) is 2.05. The van der Waals surface area contributed by atoms with Gasteiger partial charge in [-0.25, -0.2) is 4.79 Å². The molecular formula is C30H42F3N3O6. The number of nitrogens with zero attached hydrogens (tertiary/aromatic N) is 3. The number of carboxylic acids is 1. The number of fused-ring (bicyclic) bond motifs is 5. The second kappa shape index (κ2) is 12.0. The number of oxime groups is 1. The first-order chi connectivity index (χ1) is 19.6. The first kappa shape index (κ1) is 32.0. The predicted octanol–water partition coefficient (Wildman–Crippen LogP) is 5.44. The molecule has 0 aromatic heterocycles. The van der Waals surface area contributed by atoms with E-state index in [1.807, 2.05) is 13.0 Å². The van der Waals surface area contributed by atoms with Crippen LogP contribution in [0.4, 0.5) is 18.0 Å². The minimum Gasteiger partial charge on any atom is -0.481 e. The second-order valence-electron chi connectivity index (χ2n) is 13.1. The molecule has 12 heteroatoms. The maximum Gasteiger partial charge on any atom is 0.471 e. The van der Waals surface area contributed by atoms with Gasteiger partial charge < -0.3 is 14.9 Å². The zero-order valence-electron chi connectivity index (χ0n) is 24.8. The Hall–Kier alpha value is -2.92. The van der Waals surface area contributed by atoms with Crippen molar-refractivity contribution in [3.63, 3.8) is 0 Å². The van der Waals surface area contributed by atoms with Gasteiger partial charge in [-0.05, 0) is 86.5 Å². The van der Waals surface area contributed by atoms with Gasteiger partial charge in [-0.2, -0.15) is 13.2 Å². The van der Waals surface area contributed by atoms with Crippen molar-refractivity contribution in [3.05, 3.63) is 11.6 Å². The molecule has 0 aromatic rings. The van der Waals surface area contributed by atoms with Crippen LogP contribution < -0.4 is 0 Å². The maximum atomic E-state index is 12.8. The Morgan fingerprint density at radius 1 is 1.05 bits per heavy atom. The van der Waals surface area contributed by atoms with Crippen molar-refractivity contribution in [2.24, 2.45) is 39.7 Å². The van der Waals surface area contributed by atoms with Gasteiger partial charge in [0, 0.05) is 39.0 Å². The van der Waals surface area contributed by atoms with Crippen molar-refractivity contribution in [3.8, 4) is 0 Å². The Bertz CT molecular complexity index is 1170. The lowest BCUT2D eigenvalue weighted by atomic mass is 9.46. The van der Waals surface area contributed by atoms with Crippen molar-refractivity contribution < 1.29 is 42.3 Å². The van der Waals surface area contributed by atoms with Crippen LogP contribution >= 0.6 is 0 Å². The minimum absolute atomic E-state index is 0.0209. The largest absolute Gasteiger partial charge is 0.481 e. The number of likely N-dealkylation sites (N-methyl/N-ethyl adjacent to an activating group) is 1. The van der Waals surface area contributed by atoms with Gasteiger partial charge in [0.25, 0.3) is 0 Å². The highest BCUT2D eigenvalue weighted by molar-refractivity contribution is 5.91. The van der Waals surface area contributed by atoms with Gasteiger partial charge in [-0.1, -0.05) is 24.6 Å². The monoisotopic (exact) mass is 597 g/mol. The van der Waals surface area contributed by atoms with Crippen molar-refractivity contribution in [2.45, 2.75) is 84.7 Å². The van der Waals surface area contributed by atoms with Crippen LogP contribution in [0.2, 0.25) is 0 Å². The number of halogens is 3. The van der Waals surface area contributed by atoms with E-state index >= 15 is 0 Å². The first-order valence-corrected chi connectivity index (χ1v) is 14.9. The molecule has 3 fully saturated rings. The van der Waals surface area contributed by atoms with Gasteiger partial charge in [0.2, 0.25) is 0 Å². The Morgan fingerprint density at radius 3 is 2.43 bits per heavy atom.